The van der Waals surface area contributed by atoms with Crippen LogP contribution in [0.15, 0.2) is 0 Å². The number of carboxylic acid groups (broad SMARTS) is 1. The summed E-state index contributed by atoms with van der Waals surface area (Å²) >= 11 is 0. The Morgan fingerprint density at radius 1 is 1.62 bits per heavy atom. The molecule has 0 aromatic heterocycles. The maximum atomic E-state index is 9.69. The van der Waals surface area contributed by atoms with Crippen molar-refractivity contribution in [3.8, 4) is 0 Å². The first-order valence-electron chi connectivity index (χ1n) is 1.94. The third-order valence-electron chi connectivity index (χ3n) is 0.434. The summed E-state index contributed by atoms with van der Waals surface area (Å²) in [7, 11) is 0. The van der Waals surface area contributed by atoms with Crippen molar-refractivity contribution in [2.24, 2.45) is 11.5 Å². The molecule has 0 fully saturated rings. The zero-order valence-electron chi connectivity index (χ0n) is 4.16. The van der Waals surface area contributed by atoms with E-state index in [1.165, 1.54) is 0 Å². The van der Waals surface area contributed by atoms with E-state index in [9.17, 15) is 4.79 Å². The summed E-state index contributed by atoms with van der Waals surface area (Å²) in [6.07, 6.45) is -0.646. The molecule has 0 rings (SSSR count). The van der Waals surface area contributed by atoms with Crippen LogP contribution in [0.5, 0.6) is 0 Å². The highest BCUT2D eigenvalue weighted by Gasteiger charge is 2.17. The quantitative estimate of drug-likeness (QED) is 0.316. The monoisotopic (exact) mass is 120 g/mol. The lowest BCUT2D eigenvalue weighted by molar-refractivity contribution is -0.142. The molecule has 0 aliphatic rings. The first-order chi connectivity index (χ1) is 3.42. The minimum Gasteiger partial charge on any atom is -0.481 e. The normalized spacial score (nSPS) is 11.4. The van der Waals surface area contributed by atoms with E-state index >= 15 is 0 Å². The molecule has 0 unspecified atom stereocenters. The molecule has 5 heteroatoms. The highest BCUT2D eigenvalue weighted by Crippen LogP contribution is 1.89. The minimum atomic E-state index is -2.08. The van der Waals surface area contributed by atoms with E-state index in [0.29, 0.717) is 0 Å². The van der Waals surface area contributed by atoms with Gasteiger partial charge in [-0.1, -0.05) is 0 Å². The van der Waals surface area contributed by atoms with Gasteiger partial charge < -0.3 is 10.2 Å². The molecule has 8 heavy (non-hydrogen) atoms. The van der Waals surface area contributed by atoms with Crippen molar-refractivity contribution in [2.75, 3.05) is 0 Å². The van der Waals surface area contributed by atoms with Crippen LogP contribution in [0.2, 0.25) is 0 Å². The molecule has 0 aromatic rings. The highest BCUT2D eigenvalue weighted by molar-refractivity contribution is 5.67. The molecule has 0 aromatic carbocycles. The second-order valence-corrected chi connectivity index (χ2v) is 1.56. The molecule has 0 bridgehead atoms. The number of hydrogen-bond donors (Lipinski definition) is 4. The van der Waals surface area contributed by atoms with Gasteiger partial charge in [0, 0.05) is 0 Å². The summed E-state index contributed by atoms with van der Waals surface area (Å²) in [6, 6.07) is 0. The Hall–Kier alpha value is -0.650. The van der Waals surface area contributed by atoms with Crippen molar-refractivity contribution in [1.29, 1.82) is 0 Å². The van der Waals surface area contributed by atoms with Gasteiger partial charge in [-0.2, -0.15) is 0 Å². The van der Waals surface area contributed by atoms with Crippen molar-refractivity contribution in [3.63, 3.8) is 0 Å². The van der Waals surface area contributed by atoms with Gasteiger partial charge in [-0.25, -0.2) is 0 Å². The molecular weight excluding hydrogens is 112 g/mol. The second-order valence-electron chi connectivity index (χ2n) is 1.56. The van der Waals surface area contributed by atoms with Gasteiger partial charge in [-0.15, -0.1) is 0 Å². The molecule has 0 spiro atoms. The van der Waals surface area contributed by atoms with Crippen LogP contribution in [-0.4, -0.2) is 22.0 Å². The standard InChI is InChI=1S/C3H8N2O3/c4-3(5,8)1-2(6)7/h8H,1,4-5H2,(H,6,7). The molecule has 6 N–H and O–H groups in total. The summed E-state index contributed by atoms with van der Waals surface area (Å²) in [5.41, 5.74) is 9.38. The average molecular weight is 120 g/mol. The Morgan fingerprint density at radius 3 is 2.00 bits per heavy atom. The predicted octanol–water partition coefficient (Wildman–Crippen LogP) is -1.98. The van der Waals surface area contributed by atoms with Crippen molar-refractivity contribution in [1.82, 2.24) is 0 Å². The van der Waals surface area contributed by atoms with Crippen LogP contribution in [0.3, 0.4) is 0 Å². The number of nitrogens with two attached hydrogens (primary N) is 2. The molecule has 0 heterocycles. The number of aliphatic carboxylic acids is 1. The van der Waals surface area contributed by atoms with Crippen molar-refractivity contribution in [2.45, 2.75) is 12.3 Å². The van der Waals surface area contributed by atoms with Gasteiger partial charge in [0.2, 0.25) is 0 Å². The maximum Gasteiger partial charge on any atom is 0.309 e. The summed E-state index contributed by atoms with van der Waals surface area (Å²) in [6.45, 7) is 0. The molecule has 0 saturated heterocycles. The molecule has 0 radical (unpaired) electrons. The van der Waals surface area contributed by atoms with E-state index in [4.69, 9.17) is 10.2 Å². The lowest BCUT2D eigenvalue weighted by Crippen LogP contribution is -2.50. The van der Waals surface area contributed by atoms with E-state index in [-0.39, 0.29) is 0 Å². The molecule has 0 atom stereocenters. The zero-order chi connectivity index (χ0) is 6.78. The van der Waals surface area contributed by atoms with E-state index in [1.807, 2.05) is 0 Å². The average Bonchev–Trinajstić information content (AvgIpc) is 1.21. The Morgan fingerprint density at radius 2 is 2.00 bits per heavy atom. The fraction of sp³-hybridized carbons (Fsp3) is 0.667. The lowest BCUT2D eigenvalue weighted by atomic mass is 10.3. The minimum absolute atomic E-state index is 0.646. The van der Waals surface area contributed by atoms with Gasteiger partial charge in [0.15, 0.2) is 5.85 Å². The second kappa shape index (κ2) is 2.08. The first-order valence-corrected chi connectivity index (χ1v) is 1.94. The highest BCUT2D eigenvalue weighted by atomic mass is 16.4. The maximum absolute atomic E-state index is 9.69. The van der Waals surface area contributed by atoms with Crippen LogP contribution in [0.4, 0.5) is 0 Å². The smallest absolute Gasteiger partial charge is 0.309 e. The van der Waals surface area contributed by atoms with Crippen molar-refractivity contribution >= 4 is 5.97 Å². The topological polar surface area (TPSA) is 110 Å². The molecular formula is C3H8N2O3. The number of carboxylic acids is 1. The first kappa shape index (κ1) is 7.35. The number of rotatable bonds is 2. The third-order valence-corrected chi connectivity index (χ3v) is 0.434. The fourth-order valence-electron chi connectivity index (χ4n) is 0.242. The summed E-state index contributed by atoms with van der Waals surface area (Å²) < 4.78 is 0. The van der Waals surface area contributed by atoms with Crippen LogP contribution in [0.25, 0.3) is 0 Å². The van der Waals surface area contributed by atoms with E-state index in [1.54, 1.807) is 0 Å². The fourth-order valence-corrected chi connectivity index (χ4v) is 0.242. The molecule has 0 aliphatic carbocycles. The zero-order valence-corrected chi connectivity index (χ0v) is 4.16. The Kier molecular flexibility index (Phi) is 1.91. The van der Waals surface area contributed by atoms with Crippen LogP contribution in [0, 0.1) is 0 Å². The van der Waals surface area contributed by atoms with Gasteiger partial charge in [-0.3, -0.25) is 16.3 Å². The van der Waals surface area contributed by atoms with Crippen molar-refractivity contribution in [3.05, 3.63) is 0 Å². The van der Waals surface area contributed by atoms with E-state index in [0.717, 1.165) is 0 Å². The number of carbonyl (C=O) groups is 1. The summed E-state index contributed by atoms with van der Waals surface area (Å²) in [4.78, 5) is 9.69. The van der Waals surface area contributed by atoms with Gasteiger partial charge in [0.05, 0.1) is 0 Å². The molecule has 48 valence electrons. The Bertz CT molecular complexity index is 95.2. The van der Waals surface area contributed by atoms with Gasteiger partial charge >= 0.3 is 5.97 Å². The number of hydrogen-bond acceptors (Lipinski definition) is 4. The summed E-state index contributed by atoms with van der Waals surface area (Å²) in [5.74, 6) is -3.30. The van der Waals surface area contributed by atoms with Gasteiger partial charge in [-0.05, 0) is 0 Å². The van der Waals surface area contributed by atoms with Crippen LogP contribution < -0.4 is 11.5 Å². The van der Waals surface area contributed by atoms with Crippen LogP contribution in [0.1, 0.15) is 6.42 Å². The third kappa shape index (κ3) is 5.35. The van der Waals surface area contributed by atoms with E-state index < -0.39 is 18.2 Å². The summed E-state index contributed by atoms with van der Waals surface area (Å²) in [5, 5.41) is 16.3. The number of aliphatic hydroxyl groups is 1. The Labute approximate surface area is 45.9 Å². The van der Waals surface area contributed by atoms with Gasteiger partial charge in [0.25, 0.3) is 0 Å². The lowest BCUT2D eigenvalue weighted by Gasteiger charge is -2.12. The predicted molar refractivity (Wildman–Crippen MR) is 25.6 cm³/mol. The molecule has 0 saturated carbocycles. The van der Waals surface area contributed by atoms with E-state index in [2.05, 4.69) is 11.5 Å². The van der Waals surface area contributed by atoms with Gasteiger partial charge in [0.1, 0.15) is 6.42 Å². The van der Waals surface area contributed by atoms with Crippen LogP contribution in [-0.2, 0) is 4.79 Å². The van der Waals surface area contributed by atoms with Crippen molar-refractivity contribution < 1.29 is 15.0 Å². The SMILES string of the molecule is NC(N)(O)CC(=O)O. The molecule has 0 aliphatic heterocycles. The molecule has 0 amide bonds. The van der Waals surface area contributed by atoms with Crippen LogP contribution >= 0.6 is 0 Å². The Balaban J connectivity index is 3.55. The largest absolute Gasteiger partial charge is 0.481 e. The molecule has 5 nitrogen and oxygen atoms in total.